The molecule has 3 rings (SSSR count). The van der Waals surface area contributed by atoms with E-state index in [4.69, 9.17) is 9.47 Å². The van der Waals surface area contributed by atoms with Crippen molar-refractivity contribution in [1.82, 2.24) is 10.2 Å². The third-order valence-electron chi connectivity index (χ3n) is 5.83. The maximum Gasteiger partial charge on any atom is 0.407 e. The monoisotopic (exact) mass is 466 g/mol. The molecule has 0 radical (unpaired) electrons. The van der Waals surface area contributed by atoms with E-state index in [2.05, 4.69) is 5.32 Å². The van der Waals surface area contributed by atoms with E-state index in [0.717, 1.165) is 16.7 Å². The van der Waals surface area contributed by atoms with Crippen LogP contribution in [-0.2, 0) is 38.4 Å². The number of hydrogen-bond acceptors (Lipinski definition) is 5. The Bertz CT molecular complexity index is 1000. The molecule has 0 saturated carbocycles. The van der Waals surface area contributed by atoms with Crippen molar-refractivity contribution in [2.24, 2.45) is 5.92 Å². The minimum atomic E-state index is -0.634. The van der Waals surface area contributed by atoms with Crippen LogP contribution in [0.4, 0.5) is 4.79 Å². The average Bonchev–Trinajstić information content (AvgIpc) is 2.80. The Morgan fingerprint density at radius 3 is 2.32 bits per heavy atom. The third kappa shape index (κ3) is 7.07. The van der Waals surface area contributed by atoms with Crippen LogP contribution in [0.15, 0.2) is 54.6 Å². The van der Waals surface area contributed by atoms with E-state index >= 15 is 0 Å². The molecule has 0 saturated heterocycles. The van der Waals surface area contributed by atoms with Gasteiger partial charge in [-0.1, -0.05) is 54.6 Å². The van der Waals surface area contributed by atoms with Gasteiger partial charge in [-0.15, -0.1) is 0 Å². The molecule has 0 aliphatic carbocycles. The number of hydrogen-bond donors (Lipinski definition) is 1. The first-order valence-corrected chi connectivity index (χ1v) is 11.6. The summed E-state index contributed by atoms with van der Waals surface area (Å²) in [5, 5.41) is 2.77. The molecule has 0 unspecified atom stereocenters. The van der Waals surface area contributed by atoms with Gasteiger partial charge >= 0.3 is 12.1 Å². The average molecular weight is 467 g/mol. The van der Waals surface area contributed by atoms with E-state index in [1.54, 1.807) is 25.7 Å². The summed E-state index contributed by atoms with van der Waals surface area (Å²) >= 11 is 0. The zero-order valence-corrected chi connectivity index (χ0v) is 20.4. The van der Waals surface area contributed by atoms with Crippen LogP contribution in [0.2, 0.25) is 0 Å². The molecule has 7 nitrogen and oxygen atoms in total. The first kappa shape index (κ1) is 25.3. The first-order valence-electron chi connectivity index (χ1n) is 11.6. The molecule has 182 valence electrons. The number of nitrogens with zero attached hydrogens (tertiary/aromatic N) is 1. The Morgan fingerprint density at radius 1 is 1.03 bits per heavy atom. The first-order chi connectivity index (χ1) is 16.2. The van der Waals surface area contributed by atoms with Crippen molar-refractivity contribution in [2.45, 2.75) is 58.2 Å². The fraction of sp³-hybridized carbons (Fsp3) is 0.444. The fourth-order valence-electron chi connectivity index (χ4n) is 4.20. The number of rotatable bonds is 7. The topological polar surface area (TPSA) is 84.9 Å². The number of fused-ring (bicyclic) bond motifs is 1. The SMILES string of the molecule is COC(=O)C[C@@H]1Cc2ccccc2CN1C(=O)[C@H](CNC(=O)OC(C)(C)C)Cc1ccccc1. The van der Waals surface area contributed by atoms with E-state index in [0.29, 0.717) is 19.4 Å². The van der Waals surface area contributed by atoms with Gasteiger partial charge in [0.2, 0.25) is 5.91 Å². The van der Waals surface area contributed by atoms with Crippen molar-refractivity contribution < 1.29 is 23.9 Å². The molecule has 2 aromatic carbocycles. The summed E-state index contributed by atoms with van der Waals surface area (Å²) in [5.74, 6) is -0.975. The number of esters is 1. The van der Waals surface area contributed by atoms with Gasteiger partial charge in [-0.05, 0) is 50.3 Å². The lowest BCUT2D eigenvalue weighted by Crippen LogP contribution is -2.50. The fourth-order valence-corrected chi connectivity index (χ4v) is 4.20. The number of benzene rings is 2. The predicted molar refractivity (Wildman–Crippen MR) is 129 cm³/mol. The minimum absolute atomic E-state index is 0.108. The van der Waals surface area contributed by atoms with E-state index < -0.39 is 17.6 Å². The standard InChI is InChI=1S/C27H34N2O5/c1-27(2,3)34-26(32)28-17-22(14-19-10-6-5-7-11-19)25(31)29-18-21-13-9-8-12-20(21)15-23(29)16-24(30)33-4/h5-13,22-23H,14-18H2,1-4H3,(H,28,32)/t22-,23-/m0/s1. The number of ether oxygens (including phenoxy) is 2. The summed E-state index contributed by atoms with van der Waals surface area (Å²) in [6, 6.07) is 17.4. The molecule has 2 aromatic rings. The second-order valence-corrected chi connectivity index (χ2v) is 9.64. The lowest BCUT2D eigenvalue weighted by atomic mass is 9.89. The largest absolute Gasteiger partial charge is 0.469 e. The van der Waals surface area contributed by atoms with Gasteiger partial charge < -0.3 is 19.7 Å². The predicted octanol–water partition coefficient (Wildman–Crippen LogP) is 3.89. The van der Waals surface area contributed by atoms with Crippen LogP contribution < -0.4 is 5.32 Å². The third-order valence-corrected chi connectivity index (χ3v) is 5.83. The van der Waals surface area contributed by atoms with Gasteiger partial charge in [-0.25, -0.2) is 4.79 Å². The van der Waals surface area contributed by atoms with Crippen molar-refractivity contribution in [2.75, 3.05) is 13.7 Å². The van der Waals surface area contributed by atoms with Crippen LogP contribution in [0.5, 0.6) is 0 Å². The summed E-state index contributed by atoms with van der Waals surface area (Å²) in [6.07, 6.45) is 0.592. The highest BCUT2D eigenvalue weighted by Crippen LogP contribution is 2.27. The van der Waals surface area contributed by atoms with Gasteiger partial charge in [-0.3, -0.25) is 9.59 Å². The van der Waals surface area contributed by atoms with Gasteiger partial charge in [0.25, 0.3) is 0 Å². The lowest BCUT2D eigenvalue weighted by molar-refractivity contribution is -0.145. The molecule has 1 heterocycles. The number of methoxy groups -OCH3 is 1. The molecule has 1 aliphatic rings. The van der Waals surface area contributed by atoms with Crippen LogP contribution in [0, 0.1) is 5.92 Å². The highest BCUT2D eigenvalue weighted by molar-refractivity contribution is 5.82. The zero-order valence-electron chi connectivity index (χ0n) is 20.4. The number of amides is 2. The van der Waals surface area contributed by atoms with Crippen LogP contribution in [0.1, 0.15) is 43.9 Å². The molecule has 0 aromatic heterocycles. The van der Waals surface area contributed by atoms with Gasteiger partial charge in [0.1, 0.15) is 5.60 Å². The van der Waals surface area contributed by atoms with E-state index in [1.807, 2.05) is 54.6 Å². The number of nitrogens with one attached hydrogen (secondary N) is 1. The normalized spacial score (nSPS) is 16.2. The van der Waals surface area contributed by atoms with Gasteiger partial charge in [0.05, 0.1) is 19.4 Å². The van der Waals surface area contributed by atoms with E-state index in [-0.39, 0.29) is 30.9 Å². The number of alkyl carbamates (subject to hydrolysis) is 1. The quantitative estimate of drug-likeness (QED) is 0.626. The molecular weight excluding hydrogens is 432 g/mol. The van der Waals surface area contributed by atoms with Gasteiger partial charge in [-0.2, -0.15) is 0 Å². The molecular formula is C27H34N2O5. The smallest absolute Gasteiger partial charge is 0.407 e. The van der Waals surface area contributed by atoms with Crippen molar-refractivity contribution in [3.63, 3.8) is 0 Å². The molecule has 1 N–H and O–H groups in total. The summed E-state index contributed by atoms with van der Waals surface area (Å²) in [6.45, 7) is 5.92. The Balaban J connectivity index is 1.84. The lowest BCUT2D eigenvalue weighted by Gasteiger charge is -2.38. The van der Waals surface area contributed by atoms with Gasteiger partial charge in [0.15, 0.2) is 0 Å². The second kappa shape index (κ2) is 11.2. The number of carbonyl (C=O) groups excluding carboxylic acids is 3. The molecule has 0 spiro atoms. The molecule has 2 amide bonds. The molecule has 0 bridgehead atoms. The zero-order chi connectivity index (χ0) is 24.7. The maximum atomic E-state index is 13.9. The van der Waals surface area contributed by atoms with Crippen LogP contribution in [0.3, 0.4) is 0 Å². The highest BCUT2D eigenvalue weighted by atomic mass is 16.6. The summed E-state index contributed by atoms with van der Waals surface area (Å²) in [4.78, 5) is 40.1. The van der Waals surface area contributed by atoms with Crippen LogP contribution >= 0.6 is 0 Å². The summed E-state index contributed by atoms with van der Waals surface area (Å²) in [5.41, 5.74) is 2.56. The molecule has 0 fully saturated rings. The number of carbonyl (C=O) groups is 3. The molecule has 7 heteroatoms. The summed E-state index contributed by atoms with van der Waals surface area (Å²) < 4.78 is 10.3. The molecule has 1 aliphatic heterocycles. The van der Waals surface area contributed by atoms with Gasteiger partial charge in [0, 0.05) is 19.1 Å². The minimum Gasteiger partial charge on any atom is -0.469 e. The van der Waals surface area contributed by atoms with Crippen molar-refractivity contribution >= 4 is 18.0 Å². The Morgan fingerprint density at radius 2 is 1.68 bits per heavy atom. The highest BCUT2D eigenvalue weighted by Gasteiger charge is 2.35. The molecule has 2 atom stereocenters. The van der Waals surface area contributed by atoms with E-state index in [9.17, 15) is 14.4 Å². The Hall–Kier alpha value is -3.35. The van der Waals surface area contributed by atoms with Crippen LogP contribution in [0.25, 0.3) is 0 Å². The van der Waals surface area contributed by atoms with E-state index in [1.165, 1.54) is 7.11 Å². The second-order valence-electron chi connectivity index (χ2n) is 9.64. The van der Waals surface area contributed by atoms with Crippen molar-refractivity contribution in [3.05, 3.63) is 71.3 Å². The van der Waals surface area contributed by atoms with Crippen LogP contribution in [-0.4, -0.2) is 48.2 Å². The maximum absolute atomic E-state index is 13.9. The Kier molecular flexibility index (Phi) is 8.31. The Labute approximate surface area is 201 Å². The van der Waals surface area contributed by atoms with Crippen molar-refractivity contribution in [3.8, 4) is 0 Å². The molecule has 34 heavy (non-hydrogen) atoms. The summed E-state index contributed by atoms with van der Waals surface area (Å²) in [7, 11) is 1.36. The van der Waals surface area contributed by atoms with Crippen molar-refractivity contribution in [1.29, 1.82) is 0 Å².